The van der Waals surface area contributed by atoms with E-state index in [4.69, 9.17) is 4.74 Å². The minimum atomic E-state index is -0.104. The number of aromatic nitrogens is 4. The first-order valence-corrected chi connectivity index (χ1v) is 6.28. The smallest absolute Gasteiger partial charge is 0.142 e. The van der Waals surface area contributed by atoms with E-state index in [0.29, 0.717) is 0 Å². The molecule has 20 heavy (non-hydrogen) atoms. The Kier molecular flexibility index (Phi) is 3.30. The van der Waals surface area contributed by atoms with Crippen LogP contribution in [0.15, 0.2) is 43.1 Å². The van der Waals surface area contributed by atoms with Crippen molar-refractivity contribution in [3.8, 4) is 5.75 Å². The molecule has 102 valence electrons. The zero-order chi connectivity index (χ0) is 13.9. The van der Waals surface area contributed by atoms with Gasteiger partial charge in [0, 0.05) is 24.2 Å². The van der Waals surface area contributed by atoms with Gasteiger partial charge in [0.15, 0.2) is 0 Å². The normalized spacial score (nSPS) is 12.5. The number of fused-ring (bicyclic) bond motifs is 1. The molecule has 0 amide bonds. The van der Waals surface area contributed by atoms with Gasteiger partial charge in [-0.1, -0.05) is 0 Å². The van der Waals surface area contributed by atoms with Crippen LogP contribution in [0.1, 0.15) is 17.3 Å². The molecular formula is C14H15N5O. The van der Waals surface area contributed by atoms with Crippen LogP contribution < -0.4 is 10.1 Å². The third-order valence-electron chi connectivity index (χ3n) is 3.25. The Hall–Kier alpha value is -2.47. The number of hydrogen-bond acceptors (Lipinski definition) is 5. The van der Waals surface area contributed by atoms with Crippen molar-refractivity contribution in [3.63, 3.8) is 0 Å². The van der Waals surface area contributed by atoms with Crippen LogP contribution >= 0.6 is 0 Å². The lowest BCUT2D eigenvalue weighted by Gasteiger charge is -2.17. The third kappa shape index (κ3) is 2.00. The van der Waals surface area contributed by atoms with E-state index in [9.17, 15) is 0 Å². The standard InChI is InChI=1S/C14H15N5O/c1-15-13(14-12(20-2)4-3-5-17-14)10-8-18-19-7-6-16-9-11(10)19/h3-9,13,15H,1-2H3. The van der Waals surface area contributed by atoms with Crippen LogP contribution in [0, 0.1) is 0 Å². The number of rotatable bonds is 4. The van der Waals surface area contributed by atoms with E-state index in [1.54, 1.807) is 30.2 Å². The molecule has 1 unspecified atom stereocenters. The van der Waals surface area contributed by atoms with Gasteiger partial charge in [0.2, 0.25) is 0 Å². The molecular weight excluding hydrogens is 254 g/mol. The second-order valence-electron chi connectivity index (χ2n) is 4.32. The number of pyridine rings is 1. The Labute approximate surface area is 116 Å². The quantitative estimate of drug-likeness (QED) is 0.776. The molecule has 0 aliphatic carbocycles. The van der Waals surface area contributed by atoms with E-state index in [1.807, 2.05) is 31.6 Å². The lowest BCUT2D eigenvalue weighted by Crippen LogP contribution is -2.19. The van der Waals surface area contributed by atoms with Crippen molar-refractivity contribution in [1.29, 1.82) is 0 Å². The predicted molar refractivity (Wildman–Crippen MR) is 74.7 cm³/mol. The second kappa shape index (κ2) is 5.26. The monoisotopic (exact) mass is 269 g/mol. The Bertz CT molecular complexity index is 724. The minimum Gasteiger partial charge on any atom is -0.495 e. The first kappa shape index (κ1) is 12.6. The second-order valence-corrected chi connectivity index (χ2v) is 4.32. The van der Waals surface area contributed by atoms with E-state index in [0.717, 1.165) is 22.5 Å². The lowest BCUT2D eigenvalue weighted by atomic mass is 10.0. The highest BCUT2D eigenvalue weighted by atomic mass is 16.5. The van der Waals surface area contributed by atoms with Gasteiger partial charge in [0.05, 0.1) is 31.1 Å². The van der Waals surface area contributed by atoms with Crippen molar-refractivity contribution in [2.45, 2.75) is 6.04 Å². The van der Waals surface area contributed by atoms with E-state index < -0.39 is 0 Å². The summed E-state index contributed by atoms with van der Waals surface area (Å²) in [5.41, 5.74) is 2.79. The van der Waals surface area contributed by atoms with E-state index in [1.165, 1.54) is 0 Å². The lowest BCUT2D eigenvalue weighted by molar-refractivity contribution is 0.402. The number of nitrogens with one attached hydrogen (secondary N) is 1. The van der Waals surface area contributed by atoms with Gasteiger partial charge >= 0.3 is 0 Å². The summed E-state index contributed by atoms with van der Waals surface area (Å²) >= 11 is 0. The molecule has 6 heteroatoms. The molecule has 0 aromatic carbocycles. The van der Waals surface area contributed by atoms with Crippen LogP contribution in [-0.2, 0) is 0 Å². The Balaban J connectivity index is 2.14. The topological polar surface area (TPSA) is 64.3 Å². The molecule has 0 saturated carbocycles. The average Bonchev–Trinajstić information content (AvgIpc) is 2.93. The van der Waals surface area contributed by atoms with Gasteiger partial charge < -0.3 is 10.1 Å². The molecule has 0 spiro atoms. The minimum absolute atomic E-state index is 0.104. The zero-order valence-electron chi connectivity index (χ0n) is 11.3. The number of methoxy groups -OCH3 is 1. The summed E-state index contributed by atoms with van der Waals surface area (Å²) in [7, 11) is 3.53. The fourth-order valence-electron chi connectivity index (χ4n) is 2.31. The molecule has 0 aliphatic rings. The van der Waals surface area contributed by atoms with E-state index >= 15 is 0 Å². The summed E-state index contributed by atoms with van der Waals surface area (Å²) in [6.45, 7) is 0. The van der Waals surface area contributed by atoms with Crippen LogP contribution in [-0.4, -0.2) is 33.7 Å². The van der Waals surface area contributed by atoms with Crippen molar-refractivity contribution in [1.82, 2.24) is 24.9 Å². The van der Waals surface area contributed by atoms with Gasteiger partial charge in [0.1, 0.15) is 11.4 Å². The van der Waals surface area contributed by atoms with Crippen LogP contribution in [0.2, 0.25) is 0 Å². The van der Waals surface area contributed by atoms with Crippen molar-refractivity contribution >= 4 is 5.52 Å². The van der Waals surface area contributed by atoms with Gasteiger partial charge in [-0.05, 0) is 19.2 Å². The maximum Gasteiger partial charge on any atom is 0.142 e. The molecule has 1 N–H and O–H groups in total. The summed E-state index contributed by atoms with van der Waals surface area (Å²) in [5.74, 6) is 0.745. The van der Waals surface area contributed by atoms with Crippen LogP contribution in [0.25, 0.3) is 5.52 Å². The average molecular weight is 269 g/mol. The third-order valence-corrected chi connectivity index (χ3v) is 3.25. The molecule has 3 heterocycles. The van der Waals surface area contributed by atoms with Crippen molar-refractivity contribution in [3.05, 3.63) is 54.4 Å². The van der Waals surface area contributed by atoms with Gasteiger partial charge in [0.25, 0.3) is 0 Å². The molecule has 0 saturated heterocycles. The summed E-state index contributed by atoms with van der Waals surface area (Å²) < 4.78 is 7.19. The Morgan fingerprint density at radius 2 is 2.20 bits per heavy atom. The van der Waals surface area contributed by atoms with Crippen molar-refractivity contribution in [2.24, 2.45) is 0 Å². The molecule has 1 atom stereocenters. The number of hydrogen-bond donors (Lipinski definition) is 1. The number of ether oxygens (including phenoxy) is 1. The van der Waals surface area contributed by atoms with E-state index in [-0.39, 0.29) is 6.04 Å². The summed E-state index contributed by atoms with van der Waals surface area (Å²) in [6.07, 6.45) is 8.90. The SMILES string of the molecule is CNC(c1ncccc1OC)c1cnn2ccncc12. The zero-order valence-corrected chi connectivity index (χ0v) is 11.3. The predicted octanol–water partition coefficient (Wildman–Crippen LogP) is 1.44. The highest BCUT2D eigenvalue weighted by Crippen LogP contribution is 2.29. The van der Waals surface area contributed by atoms with Crippen molar-refractivity contribution < 1.29 is 4.74 Å². The van der Waals surface area contributed by atoms with Crippen LogP contribution in [0.5, 0.6) is 5.75 Å². The summed E-state index contributed by atoms with van der Waals surface area (Å²) in [5, 5.41) is 7.60. The van der Waals surface area contributed by atoms with Gasteiger partial charge in [-0.2, -0.15) is 5.10 Å². The summed E-state index contributed by atoms with van der Waals surface area (Å²) in [4.78, 5) is 8.60. The molecule has 3 aromatic heterocycles. The van der Waals surface area contributed by atoms with Gasteiger partial charge in [-0.3, -0.25) is 9.97 Å². The molecule has 3 rings (SSSR count). The highest BCUT2D eigenvalue weighted by molar-refractivity contribution is 5.56. The molecule has 0 bridgehead atoms. The maximum absolute atomic E-state index is 5.39. The first-order valence-electron chi connectivity index (χ1n) is 6.28. The fourth-order valence-corrected chi connectivity index (χ4v) is 2.31. The van der Waals surface area contributed by atoms with Crippen LogP contribution in [0.4, 0.5) is 0 Å². The Morgan fingerprint density at radius 3 is 3.00 bits per heavy atom. The maximum atomic E-state index is 5.39. The molecule has 0 radical (unpaired) electrons. The molecule has 0 fully saturated rings. The highest BCUT2D eigenvalue weighted by Gasteiger charge is 2.21. The molecule has 6 nitrogen and oxygen atoms in total. The largest absolute Gasteiger partial charge is 0.495 e. The van der Waals surface area contributed by atoms with Gasteiger partial charge in [-0.25, -0.2) is 4.52 Å². The van der Waals surface area contributed by atoms with Crippen LogP contribution in [0.3, 0.4) is 0 Å². The summed E-state index contributed by atoms with van der Waals surface area (Å²) in [6, 6.07) is 3.65. The first-order chi connectivity index (χ1) is 9.85. The number of nitrogens with zero attached hydrogens (tertiary/aromatic N) is 4. The molecule has 0 aliphatic heterocycles. The van der Waals surface area contributed by atoms with Gasteiger partial charge in [-0.15, -0.1) is 0 Å². The van der Waals surface area contributed by atoms with E-state index in [2.05, 4.69) is 20.4 Å². The Morgan fingerprint density at radius 1 is 1.30 bits per heavy atom. The fraction of sp³-hybridized carbons (Fsp3) is 0.214. The molecule has 3 aromatic rings. The van der Waals surface area contributed by atoms with Crippen molar-refractivity contribution in [2.75, 3.05) is 14.2 Å².